The molecule has 0 fully saturated rings. The summed E-state index contributed by atoms with van der Waals surface area (Å²) in [5.74, 6) is -1.62. The Morgan fingerprint density at radius 1 is 0.826 bits per heavy atom. The van der Waals surface area contributed by atoms with Crippen LogP contribution in [0.1, 0.15) is 90.4 Å². The zero-order valence-corrected chi connectivity index (χ0v) is 14.6. The second-order valence-corrected chi connectivity index (χ2v) is 6.17. The summed E-state index contributed by atoms with van der Waals surface area (Å²) in [5, 5.41) is 17.7. The predicted octanol–water partition coefficient (Wildman–Crippen LogP) is 4.63. The van der Waals surface area contributed by atoms with Gasteiger partial charge in [-0.15, -0.1) is 0 Å². The number of rotatable bonds is 17. The van der Waals surface area contributed by atoms with E-state index in [-0.39, 0.29) is 6.42 Å². The number of aliphatic carboxylic acids is 2. The lowest BCUT2D eigenvalue weighted by atomic mass is 10.1. The lowest BCUT2D eigenvalue weighted by molar-refractivity contribution is -0.151. The van der Waals surface area contributed by atoms with Gasteiger partial charge in [0.05, 0.1) is 0 Å². The van der Waals surface area contributed by atoms with E-state index in [0.717, 1.165) is 38.5 Å². The van der Waals surface area contributed by atoms with Gasteiger partial charge in [0.2, 0.25) is 0 Å². The summed E-state index contributed by atoms with van der Waals surface area (Å²) in [5.41, 5.74) is 0. The summed E-state index contributed by atoms with van der Waals surface area (Å²) in [4.78, 5) is 21.5. The van der Waals surface area contributed by atoms with Crippen molar-refractivity contribution in [2.45, 2.75) is 96.5 Å². The van der Waals surface area contributed by atoms with Gasteiger partial charge in [0.1, 0.15) is 0 Å². The van der Waals surface area contributed by atoms with Gasteiger partial charge in [-0.3, -0.25) is 4.79 Å². The minimum Gasteiger partial charge on any atom is -0.481 e. The lowest BCUT2D eigenvalue weighted by Gasteiger charge is -2.13. The van der Waals surface area contributed by atoms with Crippen molar-refractivity contribution in [3.05, 3.63) is 0 Å². The first-order chi connectivity index (χ1) is 11.1. The summed E-state index contributed by atoms with van der Waals surface area (Å²) in [7, 11) is 0. The predicted molar refractivity (Wildman–Crippen MR) is 90.7 cm³/mol. The summed E-state index contributed by atoms with van der Waals surface area (Å²) < 4.78 is 5.49. The van der Waals surface area contributed by atoms with Crippen molar-refractivity contribution >= 4 is 11.9 Å². The SMILES string of the molecule is CCCCCCCCOC(CCCCCCCC(=O)O)C(=O)O. The second kappa shape index (κ2) is 15.8. The van der Waals surface area contributed by atoms with Gasteiger partial charge in [0.25, 0.3) is 0 Å². The van der Waals surface area contributed by atoms with Crippen LogP contribution >= 0.6 is 0 Å². The number of ether oxygens (including phenoxy) is 1. The molecule has 0 amide bonds. The van der Waals surface area contributed by atoms with Crippen LogP contribution in [0.15, 0.2) is 0 Å². The van der Waals surface area contributed by atoms with E-state index in [0.29, 0.717) is 19.4 Å². The molecule has 1 unspecified atom stereocenters. The highest BCUT2D eigenvalue weighted by Gasteiger charge is 2.16. The van der Waals surface area contributed by atoms with Gasteiger partial charge in [-0.25, -0.2) is 4.79 Å². The first kappa shape index (κ1) is 21.9. The lowest BCUT2D eigenvalue weighted by Crippen LogP contribution is -2.24. The van der Waals surface area contributed by atoms with Gasteiger partial charge < -0.3 is 14.9 Å². The molecule has 0 aromatic heterocycles. The molecule has 5 heteroatoms. The minimum absolute atomic E-state index is 0.221. The summed E-state index contributed by atoms with van der Waals surface area (Å²) in [6.07, 6.45) is 11.4. The molecule has 0 aliphatic carbocycles. The Labute approximate surface area is 140 Å². The zero-order chi connectivity index (χ0) is 17.3. The molecular weight excluding hydrogens is 296 g/mol. The largest absolute Gasteiger partial charge is 0.481 e. The van der Waals surface area contributed by atoms with E-state index in [1.165, 1.54) is 25.7 Å². The van der Waals surface area contributed by atoms with Crippen LogP contribution in [-0.2, 0) is 14.3 Å². The second-order valence-electron chi connectivity index (χ2n) is 6.17. The molecule has 0 aromatic carbocycles. The van der Waals surface area contributed by atoms with Crippen LogP contribution in [0, 0.1) is 0 Å². The number of hydrogen-bond acceptors (Lipinski definition) is 3. The molecule has 0 saturated carbocycles. The monoisotopic (exact) mass is 330 g/mol. The molecule has 0 aliphatic heterocycles. The molecule has 1 atom stereocenters. The van der Waals surface area contributed by atoms with Crippen molar-refractivity contribution < 1.29 is 24.5 Å². The van der Waals surface area contributed by atoms with Gasteiger partial charge in [-0.05, 0) is 19.3 Å². The highest BCUT2D eigenvalue weighted by Crippen LogP contribution is 2.12. The van der Waals surface area contributed by atoms with E-state index in [4.69, 9.17) is 14.9 Å². The first-order valence-corrected chi connectivity index (χ1v) is 9.14. The number of hydrogen-bond donors (Lipinski definition) is 2. The minimum atomic E-state index is -0.873. The molecule has 5 nitrogen and oxygen atoms in total. The Balaban J connectivity index is 3.55. The molecule has 0 aliphatic rings. The van der Waals surface area contributed by atoms with Crippen molar-refractivity contribution in [2.75, 3.05) is 6.61 Å². The maximum atomic E-state index is 11.2. The third kappa shape index (κ3) is 15.6. The number of unbranched alkanes of at least 4 members (excludes halogenated alkanes) is 9. The summed E-state index contributed by atoms with van der Waals surface area (Å²) in [6.45, 7) is 2.72. The number of carboxylic acids is 2. The molecule has 0 heterocycles. The van der Waals surface area contributed by atoms with Gasteiger partial charge in [0.15, 0.2) is 6.10 Å². The van der Waals surface area contributed by atoms with Crippen LogP contribution in [-0.4, -0.2) is 34.9 Å². The molecule has 136 valence electrons. The van der Waals surface area contributed by atoms with Crippen LogP contribution in [0.4, 0.5) is 0 Å². The van der Waals surface area contributed by atoms with Crippen molar-refractivity contribution in [3.63, 3.8) is 0 Å². The smallest absolute Gasteiger partial charge is 0.332 e. The van der Waals surface area contributed by atoms with E-state index in [2.05, 4.69) is 6.92 Å². The van der Waals surface area contributed by atoms with E-state index in [1.807, 2.05) is 0 Å². The maximum absolute atomic E-state index is 11.2. The Bertz CT molecular complexity index is 304. The third-order valence-corrected chi connectivity index (χ3v) is 3.95. The third-order valence-electron chi connectivity index (χ3n) is 3.95. The highest BCUT2D eigenvalue weighted by molar-refractivity contribution is 5.72. The summed E-state index contributed by atoms with van der Waals surface area (Å²) in [6, 6.07) is 0. The van der Waals surface area contributed by atoms with Crippen LogP contribution in [0.2, 0.25) is 0 Å². The molecule has 0 radical (unpaired) electrons. The quantitative estimate of drug-likeness (QED) is 0.380. The number of carbonyl (C=O) groups is 2. The molecule has 0 aromatic rings. The standard InChI is InChI=1S/C18H34O5/c1-2-3-4-5-9-12-15-23-16(18(21)22)13-10-7-6-8-11-14-17(19)20/h16H,2-15H2,1H3,(H,19,20)(H,21,22). The number of carboxylic acid groups (broad SMARTS) is 2. The average molecular weight is 330 g/mol. The van der Waals surface area contributed by atoms with Crippen LogP contribution in [0.3, 0.4) is 0 Å². The van der Waals surface area contributed by atoms with E-state index < -0.39 is 18.0 Å². The van der Waals surface area contributed by atoms with Crippen molar-refractivity contribution in [1.29, 1.82) is 0 Å². The molecule has 23 heavy (non-hydrogen) atoms. The Kier molecular flexibility index (Phi) is 15.0. The van der Waals surface area contributed by atoms with Crippen LogP contribution < -0.4 is 0 Å². The first-order valence-electron chi connectivity index (χ1n) is 9.14. The highest BCUT2D eigenvalue weighted by atomic mass is 16.5. The van der Waals surface area contributed by atoms with Crippen LogP contribution in [0.25, 0.3) is 0 Å². The van der Waals surface area contributed by atoms with Crippen molar-refractivity contribution in [3.8, 4) is 0 Å². The molecule has 0 saturated heterocycles. The maximum Gasteiger partial charge on any atom is 0.332 e. The molecule has 0 bridgehead atoms. The Morgan fingerprint density at radius 2 is 1.39 bits per heavy atom. The Hall–Kier alpha value is -1.10. The normalized spacial score (nSPS) is 12.2. The molecule has 0 rings (SSSR count). The van der Waals surface area contributed by atoms with Gasteiger partial charge in [-0.1, -0.05) is 64.7 Å². The molecule has 2 N–H and O–H groups in total. The van der Waals surface area contributed by atoms with Gasteiger partial charge >= 0.3 is 11.9 Å². The fraction of sp³-hybridized carbons (Fsp3) is 0.889. The van der Waals surface area contributed by atoms with E-state index in [1.54, 1.807) is 0 Å². The average Bonchev–Trinajstić information content (AvgIpc) is 2.50. The van der Waals surface area contributed by atoms with Crippen molar-refractivity contribution in [2.24, 2.45) is 0 Å². The molecular formula is C18H34O5. The fourth-order valence-electron chi connectivity index (χ4n) is 2.52. The fourth-order valence-corrected chi connectivity index (χ4v) is 2.52. The van der Waals surface area contributed by atoms with Gasteiger partial charge in [-0.2, -0.15) is 0 Å². The van der Waals surface area contributed by atoms with Crippen molar-refractivity contribution in [1.82, 2.24) is 0 Å². The Morgan fingerprint density at radius 3 is 2.00 bits per heavy atom. The topological polar surface area (TPSA) is 83.8 Å². The van der Waals surface area contributed by atoms with E-state index >= 15 is 0 Å². The zero-order valence-electron chi connectivity index (χ0n) is 14.6. The molecule has 0 spiro atoms. The van der Waals surface area contributed by atoms with Crippen LogP contribution in [0.5, 0.6) is 0 Å². The summed E-state index contributed by atoms with van der Waals surface area (Å²) >= 11 is 0. The van der Waals surface area contributed by atoms with E-state index in [9.17, 15) is 9.59 Å². The van der Waals surface area contributed by atoms with Gasteiger partial charge in [0, 0.05) is 13.0 Å².